The van der Waals surface area contributed by atoms with Gasteiger partial charge >= 0.3 is 6.09 Å². The van der Waals surface area contributed by atoms with Crippen LogP contribution in [0.4, 0.5) is 10.6 Å². The Morgan fingerprint density at radius 3 is 2.91 bits per heavy atom. The Morgan fingerprint density at radius 1 is 1.28 bits per heavy atom. The lowest BCUT2D eigenvalue weighted by Gasteiger charge is -2.14. The second-order valence-corrected chi connectivity index (χ2v) is 8.16. The molecule has 2 heterocycles. The van der Waals surface area contributed by atoms with E-state index < -0.39 is 12.0 Å². The monoisotopic (exact) mass is 439 g/mol. The van der Waals surface area contributed by atoms with Gasteiger partial charge in [-0.3, -0.25) is 14.7 Å². The molecule has 0 bridgehead atoms. The number of H-pyrrole nitrogens is 1. The van der Waals surface area contributed by atoms with Crippen LogP contribution in [-0.2, 0) is 16.1 Å². The zero-order chi connectivity index (χ0) is 22.7. The van der Waals surface area contributed by atoms with Gasteiger partial charge in [-0.25, -0.2) is 9.48 Å². The summed E-state index contributed by atoms with van der Waals surface area (Å²) in [7, 11) is 0. The van der Waals surface area contributed by atoms with Crippen molar-refractivity contribution in [2.45, 2.75) is 57.7 Å². The van der Waals surface area contributed by atoms with Crippen LogP contribution in [0.5, 0.6) is 0 Å². The lowest BCUT2D eigenvalue weighted by atomic mass is 10.0. The van der Waals surface area contributed by atoms with E-state index in [1.807, 2.05) is 13.8 Å². The summed E-state index contributed by atoms with van der Waals surface area (Å²) in [5.74, 6) is 0.0698. The van der Waals surface area contributed by atoms with Crippen molar-refractivity contribution < 1.29 is 14.3 Å². The predicted octanol–water partition coefficient (Wildman–Crippen LogP) is 1.92. The van der Waals surface area contributed by atoms with Crippen molar-refractivity contribution in [2.75, 3.05) is 5.32 Å². The maximum absolute atomic E-state index is 12.5. The maximum Gasteiger partial charge on any atom is 0.407 e. The molecule has 168 valence electrons. The summed E-state index contributed by atoms with van der Waals surface area (Å²) >= 11 is 0. The summed E-state index contributed by atoms with van der Waals surface area (Å²) in [4.78, 5) is 36.7. The normalized spacial score (nSPS) is 18.1. The van der Waals surface area contributed by atoms with Crippen molar-refractivity contribution in [3.63, 3.8) is 0 Å². The number of benzene rings is 1. The molecule has 11 heteroatoms. The molecule has 3 aromatic rings. The Morgan fingerprint density at radius 2 is 2.09 bits per heavy atom. The number of rotatable bonds is 6. The molecule has 1 aliphatic rings. The first kappa shape index (κ1) is 21.5. The topological polar surface area (TPSA) is 144 Å². The van der Waals surface area contributed by atoms with Gasteiger partial charge in [0.2, 0.25) is 5.91 Å². The molecule has 0 spiro atoms. The fourth-order valence-corrected chi connectivity index (χ4v) is 3.81. The van der Waals surface area contributed by atoms with Crippen molar-refractivity contribution in [3.8, 4) is 0 Å². The molecule has 0 radical (unpaired) electrons. The van der Waals surface area contributed by atoms with Crippen molar-refractivity contribution in [2.24, 2.45) is 0 Å². The minimum absolute atomic E-state index is 0.0231. The van der Waals surface area contributed by atoms with Crippen LogP contribution in [0, 0.1) is 0 Å². The number of amides is 2. The van der Waals surface area contributed by atoms with Crippen LogP contribution in [0.2, 0.25) is 0 Å². The van der Waals surface area contributed by atoms with Gasteiger partial charge in [-0.05, 0) is 45.2 Å². The lowest BCUT2D eigenvalue weighted by molar-refractivity contribution is -0.117. The van der Waals surface area contributed by atoms with Crippen LogP contribution in [0.25, 0.3) is 10.9 Å². The first-order chi connectivity index (χ1) is 15.4. The summed E-state index contributed by atoms with van der Waals surface area (Å²) in [6.07, 6.45) is 1.73. The van der Waals surface area contributed by atoms with Crippen LogP contribution in [0.1, 0.15) is 44.7 Å². The summed E-state index contributed by atoms with van der Waals surface area (Å²) < 4.78 is 6.47. The highest BCUT2D eigenvalue weighted by Gasteiger charge is 2.30. The standard InChI is InChI=1S/C21H25N7O4/c1-12(2)22-21(31)32-14-8-7-13(9-14)17-10-18(26-24-17)23-19(29)11-28-20(30)15-5-3-4-6-16(15)25-27-28/h3-6,10,12-14H,7-9,11H2,1-2H3,(H,22,31)(H2,23,24,26,29)/t13-,14+/m0/s1. The van der Waals surface area contributed by atoms with Gasteiger partial charge in [0.1, 0.15) is 18.2 Å². The summed E-state index contributed by atoms with van der Waals surface area (Å²) in [6, 6.07) is 8.61. The van der Waals surface area contributed by atoms with E-state index in [4.69, 9.17) is 4.74 Å². The molecule has 2 amide bonds. The molecule has 0 aliphatic heterocycles. The fourth-order valence-electron chi connectivity index (χ4n) is 3.81. The average molecular weight is 439 g/mol. The first-order valence-electron chi connectivity index (χ1n) is 10.5. The molecule has 3 N–H and O–H groups in total. The second-order valence-electron chi connectivity index (χ2n) is 8.16. The Bertz CT molecular complexity index is 1190. The second kappa shape index (κ2) is 9.16. The number of aromatic nitrogens is 5. The smallest absolute Gasteiger partial charge is 0.407 e. The molecule has 1 fully saturated rings. The van der Waals surface area contributed by atoms with E-state index in [0.29, 0.717) is 23.1 Å². The molecule has 4 rings (SSSR count). The molecule has 1 aromatic carbocycles. The third-order valence-corrected chi connectivity index (χ3v) is 5.29. The van der Waals surface area contributed by atoms with E-state index >= 15 is 0 Å². The minimum atomic E-state index is -0.437. The first-order valence-corrected chi connectivity index (χ1v) is 10.5. The van der Waals surface area contributed by atoms with Crippen molar-refractivity contribution in [1.82, 2.24) is 30.5 Å². The van der Waals surface area contributed by atoms with Gasteiger partial charge in [0.25, 0.3) is 5.56 Å². The van der Waals surface area contributed by atoms with E-state index in [9.17, 15) is 14.4 Å². The van der Waals surface area contributed by atoms with E-state index in [1.54, 1.807) is 30.3 Å². The van der Waals surface area contributed by atoms with Gasteiger partial charge in [-0.1, -0.05) is 17.3 Å². The van der Waals surface area contributed by atoms with Crippen LogP contribution in [-0.4, -0.2) is 49.3 Å². The largest absolute Gasteiger partial charge is 0.446 e. The summed E-state index contributed by atoms with van der Waals surface area (Å²) in [5.41, 5.74) is 0.955. The number of hydrogen-bond donors (Lipinski definition) is 3. The number of ether oxygens (including phenoxy) is 1. The Balaban J connectivity index is 1.34. The number of nitrogens with one attached hydrogen (secondary N) is 3. The number of fused-ring (bicyclic) bond motifs is 1. The van der Waals surface area contributed by atoms with Crippen molar-refractivity contribution in [1.29, 1.82) is 0 Å². The SMILES string of the molecule is CC(C)NC(=O)O[C@@H]1CC[C@H](c2cc(NC(=O)Cn3nnc4ccccc4c3=O)n[nH]2)C1. The molecule has 1 aliphatic carbocycles. The zero-order valence-electron chi connectivity index (χ0n) is 17.9. The third kappa shape index (κ3) is 4.93. The molecular weight excluding hydrogens is 414 g/mol. The molecule has 0 unspecified atom stereocenters. The van der Waals surface area contributed by atoms with Gasteiger partial charge in [-0.2, -0.15) is 5.10 Å². The Labute approximate surface area is 183 Å². The minimum Gasteiger partial charge on any atom is -0.446 e. The predicted molar refractivity (Wildman–Crippen MR) is 116 cm³/mol. The third-order valence-electron chi connectivity index (χ3n) is 5.29. The summed E-state index contributed by atoms with van der Waals surface area (Å²) in [5, 5.41) is 20.7. The Kier molecular flexibility index (Phi) is 6.15. The molecular formula is C21H25N7O4. The lowest BCUT2D eigenvalue weighted by Crippen LogP contribution is -2.33. The molecule has 11 nitrogen and oxygen atoms in total. The van der Waals surface area contributed by atoms with E-state index in [2.05, 4.69) is 31.1 Å². The average Bonchev–Trinajstić information content (AvgIpc) is 3.39. The van der Waals surface area contributed by atoms with E-state index in [1.165, 1.54) is 0 Å². The molecule has 2 atom stereocenters. The fraction of sp³-hybridized carbons (Fsp3) is 0.429. The number of nitrogens with zero attached hydrogens (tertiary/aromatic N) is 4. The van der Waals surface area contributed by atoms with Gasteiger partial charge in [0, 0.05) is 23.7 Å². The van der Waals surface area contributed by atoms with E-state index in [0.717, 1.165) is 23.2 Å². The van der Waals surface area contributed by atoms with Gasteiger partial charge in [0.15, 0.2) is 5.82 Å². The van der Waals surface area contributed by atoms with Gasteiger partial charge in [0.05, 0.1) is 5.39 Å². The van der Waals surface area contributed by atoms with Crippen LogP contribution < -0.4 is 16.2 Å². The highest BCUT2D eigenvalue weighted by Crippen LogP contribution is 2.35. The highest BCUT2D eigenvalue weighted by molar-refractivity contribution is 5.89. The zero-order valence-corrected chi connectivity index (χ0v) is 17.9. The molecule has 2 aromatic heterocycles. The number of hydrogen-bond acceptors (Lipinski definition) is 7. The number of carbonyl (C=O) groups excluding carboxylic acids is 2. The molecule has 1 saturated carbocycles. The molecule has 0 saturated heterocycles. The van der Waals surface area contributed by atoms with E-state index in [-0.39, 0.29) is 30.2 Å². The molecule has 32 heavy (non-hydrogen) atoms. The van der Waals surface area contributed by atoms with Crippen molar-refractivity contribution >= 4 is 28.7 Å². The maximum atomic E-state index is 12.5. The Hall–Kier alpha value is -3.76. The van der Waals surface area contributed by atoms with Crippen molar-refractivity contribution in [3.05, 3.63) is 46.4 Å². The van der Waals surface area contributed by atoms with Gasteiger partial charge in [-0.15, -0.1) is 5.10 Å². The van der Waals surface area contributed by atoms with Crippen LogP contribution in [0.15, 0.2) is 35.1 Å². The van der Waals surface area contributed by atoms with Crippen LogP contribution >= 0.6 is 0 Å². The highest BCUT2D eigenvalue weighted by atomic mass is 16.6. The number of anilines is 1. The quantitative estimate of drug-likeness (QED) is 0.532. The number of aromatic amines is 1. The van der Waals surface area contributed by atoms with Gasteiger partial charge < -0.3 is 15.4 Å². The number of alkyl carbamates (subject to hydrolysis) is 1. The van der Waals surface area contributed by atoms with Crippen LogP contribution in [0.3, 0.4) is 0 Å². The summed E-state index contributed by atoms with van der Waals surface area (Å²) in [6.45, 7) is 3.48. The number of carbonyl (C=O) groups is 2.